The first-order chi connectivity index (χ1) is 32.7. The van der Waals surface area contributed by atoms with Crippen molar-refractivity contribution >= 4 is 42.3 Å². The SMILES string of the molecule is c1ccc(-c2nc(-c3ccc(-c4ccc5cc(-c6cccc7c6sc6ccccc67)ccc5c4)cc3)cc(-c3ccc4c(c3)C(c3ccccc3)(c3ccccc3)c3ccccc3-4)n2)cc1. The number of hydrogen-bond acceptors (Lipinski definition) is 3. The van der Waals surface area contributed by atoms with Crippen LogP contribution in [0.2, 0.25) is 0 Å². The molecule has 0 bridgehead atoms. The van der Waals surface area contributed by atoms with E-state index in [1.807, 2.05) is 17.4 Å². The molecule has 0 aliphatic heterocycles. The summed E-state index contributed by atoms with van der Waals surface area (Å²) in [7, 11) is 0. The highest BCUT2D eigenvalue weighted by molar-refractivity contribution is 7.26. The lowest BCUT2D eigenvalue weighted by atomic mass is 9.67. The monoisotopic (exact) mass is 856 g/mol. The third-order valence-corrected chi connectivity index (χ3v) is 14.8. The van der Waals surface area contributed by atoms with E-state index in [1.54, 1.807) is 0 Å². The molecule has 308 valence electrons. The fourth-order valence-corrected chi connectivity index (χ4v) is 11.7. The Morgan fingerprint density at radius 3 is 1.62 bits per heavy atom. The molecule has 13 rings (SSSR count). The van der Waals surface area contributed by atoms with E-state index in [0.29, 0.717) is 5.82 Å². The van der Waals surface area contributed by atoms with Crippen molar-refractivity contribution in [2.24, 2.45) is 0 Å². The van der Waals surface area contributed by atoms with Crippen LogP contribution >= 0.6 is 11.3 Å². The van der Waals surface area contributed by atoms with Crippen LogP contribution < -0.4 is 0 Å². The van der Waals surface area contributed by atoms with Crippen molar-refractivity contribution in [3.05, 3.63) is 265 Å². The molecule has 0 spiro atoms. The highest BCUT2D eigenvalue weighted by Gasteiger charge is 2.46. The highest BCUT2D eigenvalue weighted by Crippen LogP contribution is 2.56. The number of benzene rings is 10. The Bertz CT molecular complexity index is 3760. The fraction of sp³-hybridized carbons (Fsp3) is 0.0159. The summed E-state index contributed by atoms with van der Waals surface area (Å²) in [6.45, 7) is 0. The molecule has 0 fully saturated rings. The lowest BCUT2D eigenvalue weighted by molar-refractivity contribution is 0.768. The first-order valence-corrected chi connectivity index (χ1v) is 23.4. The van der Waals surface area contributed by atoms with Gasteiger partial charge in [-0.25, -0.2) is 9.97 Å². The van der Waals surface area contributed by atoms with Gasteiger partial charge in [-0.1, -0.05) is 212 Å². The summed E-state index contributed by atoms with van der Waals surface area (Å²) in [5.74, 6) is 0.700. The molecule has 66 heavy (non-hydrogen) atoms. The standard InChI is InChI=1S/C63H40N2S/c1-4-15-43(16-5-1)62-64-58(40-59(65-62)48-35-36-53-52-21-10-12-25-56(52)63(57(53)39-48,49-17-6-2-7-18-49)50-19-8-3-9-20-50)42-29-27-41(28-30-42)44-31-32-46-38-47(34-33-45(46)37-44)51-23-14-24-55-54-22-11-13-26-60(54)66-61(51)55/h1-40H. The Kier molecular flexibility index (Phi) is 8.97. The van der Waals surface area contributed by atoms with E-state index in [-0.39, 0.29) is 0 Å². The summed E-state index contributed by atoms with van der Waals surface area (Å²) >= 11 is 1.88. The van der Waals surface area contributed by atoms with E-state index in [2.05, 4.69) is 237 Å². The summed E-state index contributed by atoms with van der Waals surface area (Å²) in [6, 6.07) is 88.1. The van der Waals surface area contributed by atoms with Gasteiger partial charge in [0.05, 0.1) is 16.8 Å². The second-order valence-electron chi connectivity index (χ2n) is 17.3. The van der Waals surface area contributed by atoms with Gasteiger partial charge < -0.3 is 0 Å². The number of thiophene rings is 1. The number of hydrogen-bond donors (Lipinski definition) is 0. The highest BCUT2D eigenvalue weighted by atomic mass is 32.1. The van der Waals surface area contributed by atoms with E-state index in [0.717, 1.165) is 33.6 Å². The fourth-order valence-electron chi connectivity index (χ4n) is 10.5. The summed E-state index contributed by atoms with van der Waals surface area (Å²) in [6.07, 6.45) is 0. The predicted octanol–water partition coefficient (Wildman–Crippen LogP) is 16.7. The number of rotatable bonds is 7. The zero-order valence-electron chi connectivity index (χ0n) is 35.9. The molecule has 2 nitrogen and oxygen atoms in total. The lowest BCUT2D eigenvalue weighted by Crippen LogP contribution is -2.28. The van der Waals surface area contributed by atoms with Crippen LogP contribution in [-0.2, 0) is 5.41 Å². The van der Waals surface area contributed by atoms with E-state index < -0.39 is 5.41 Å². The third kappa shape index (κ3) is 6.16. The second-order valence-corrected chi connectivity index (χ2v) is 18.3. The zero-order chi connectivity index (χ0) is 43.6. The van der Waals surface area contributed by atoms with Gasteiger partial charge in [-0.15, -0.1) is 11.3 Å². The average molecular weight is 857 g/mol. The second kappa shape index (κ2) is 15.5. The molecule has 2 heterocycles. The maximum Gasteiger partial charge on any atom is 0.160 e. The van der Waals surface area contributed by atoms with Crippen molar-refractivity contribution in [3.63, 3.8) is 0 Å². The summed E-state index contributed by atoms with van der Waals surface area (Å²) in [5.41, 5.74) is 16.7. The number of fused-ring (bicyclic) bond motifs is 7. The molecule has 1 aliphatic carbocycles. The Labute approximate surface area is 387 Å². The molecule has 0 unspecified atom stereocenters. The molecule has 0 saturated heterocycles. The maximum atomic E-state index is 5.30. The van der Waals surface area contributed by atoms with Crippen LogP contribution in [0.5, 0.6) is 0 Å². The molecule has 3 heteroatoms. The third-order valence-electron chi connectivity index (χ3n) is 13.6. The molecular formula is C63H40N2S. The van der Waals surface area contributed by atoms with E-state index in [4.69, 9.17) is 9.97 Å². The van der Waals surface area contributed by atoms with Gasteiger partial charge in [0.1, 0.15) is 0 Å². The van der Waals surface area contributed by atoms with Gasteiger partial charge in [0.15, 0.2) is 5.82 Å². The zero-order valence-corrected chi connectivity index (χ0v) is 36.7. The summed E-state index contributed by atoms with van der Waals surface area (Å²) in [5, 5.41) is 5.10. The molecule has 0 N–H and O–H groups in total. The molecule has 12 aromatic rings. The predicted molar refractivity (Wildman–Crippen MR) is 277 cm³/mol. The number of nitrogens with zero attached hydrogens (tertiary/aromatic N) is 2. The topological polar surface area (TPSA) is 25.8 Å². The minimum atomic E-state index is -0.502. The van der Waals surface area contributed by atoms with E-state index in [1.165, 1.54) is 81.0 Å². The van der Waals surface area contributed by atoms with Gasteiger partial charge in [0, 0.05) is 36.9 Å². The minimum absolute atomic E-state index is 0.502. The van der Waals surface area contributed by atoms with Crippen molar-refractivity contribution in [2.75, 3.05) is 0 Å². The van der Waals surface area contributed by atoms with Crippen LogP contribution in [0.1, 0.15) is 22.3 Å². The van der Waals surface area contributed by atoms with Crippen LogP contribution in [0.4, 0.5) is 0 Å². The molecular weight excluding hydrogens is 817 g/mol. The Morgan fingerprint density at radius 2 is 0.864 bits per heavy atom. The molecule has 2 aromatic heterocycles. The normalized spacial score (nSPS) is 12.7. The lowest BCUT2D eigenvalue weighted by Gasteiger charge is -2.34. The van der Waals surface area contributed by atoms with Crippen LogP contribution in [-0.4, -0.2) is 9.97 Å². The van der Waals surface area contributed by atoms with Gasteiger partial charge >= 0.3 is 0 Å². The van der Waals surface area contributed by atoms with Crippen molar-refractivity contribution in [1.82, 2.24) is 9.97 Å². The van der Waals surface area contributed by atoms with Gasteiger partial charge in [0.2, 0.25) is 0 Å². The number of aromatic nitrogens is 2. The maximum absolute atomic E-state index is 5.30. The average Bonchev–Trinajstić information content (AvgIpc) is 3.93. The molecule has 1 aliphatic rings. The Balaban J connectivity index is 0.884. The van der Waals surface area contributed by atoms with Crippen LogP contribution in [0.25, 0.3) is 98.2 Å². The first kappa shape index (κ1) is 38.2. The van der Waals surface area contributed by atoms with Gasteiger partial charge in [-0.05, 0) is 96.7 Å². The smallest absolute Gasteiger partial charge is 0.160 e. The first-order valence-electron chi connectivity index (χ1n) is 22.5. The minimum Gasteiger partial charge on any atom is -0.228 e. The van der Waals surface area contributed by atoms with Gasteiger partial charge in [0.25, 0.3) is 0 Å². The van der Waals surface area contributed by atoms with Crippen molar-refractivity contribution in [3.8, 4) is 67.3 Å². The van der Waals surface area contributed by atoms with Gasteiger partial charge in [-0.3, -0.25) is 0 Å². The molecule has 0 saturated carbocycles. The molecule has 0 atom stereocenters. The van der Waals surface area contributed by atoms with E-state index in [9.17, 15) is 0 Å². The van der Waals surface area contributed by atoms with Crippen molar-refractivity contribution in [2.45, 2.75) is 5.41 Å². The van der Waals surface area contributed by atoms with Crippen LogP contribution in [0.3, 0.4) is 0 Å². The van der Waals surface area contributed by atoms with Crippen LogP contribution in [0.15, 0.2) is 243 Å². The Morgan fingerprint density at radius 1 is 0.318 bits per heavy atom. The Hall–Kier alpha value is -8.24. The quantitative estimate of drug-likeness (QED) is 0.160. The van der Waals surface area contributed by atoms with Crippen molar-refractivity contribution in [1.29, 1.82) is 0 Å². The van der Waals surface area contributed by atoms with E-state index >= 15 is 0 Å². The van der Waals surface area contributed by atoms with Crippen molar-refractivity contribution < 1.29 is 0 Å². The van der Waals surface area contributed by atoms with Gasteiger partial charge in [-0.2, -0.15) is 0 Å². The summed E-state index contributed by atoms with van der Waals surface area (Å²) in [4.78, 5) is 10.5. The molecule has 0 amide bonds. The molecule has 0 radical (unpaired) electrons. The largest absolute Gasteiger partial charge is 0.228 e. The molecule has 10 aromatic carbocycles. The van der Waals surface area contributed by atoms with Crippen LogP contribution in [0, 0.1) is 0 Å². The summed E-state index contributed by atoms with van der Waals surface area (Å²) < 4.78 is 2.67.